The van der Waals surface area contributed by atoms with E-state index in [9.17, 15) is 0 Å². The fraction of sp³-hybridized carbons (Fsp3) is 0.846. The average molecular weight is 184 g/mol. The molecule has 0 heterocycles. The molecule has 0 unspecified atom stereocenters. The first-order valence-electron chi connectivity index (χ1n) is 5.76. The third kappa shape index (κ3) is 14.6. The molecule has 0 aromatic carbocycles. The summed E-state index contributed by atoms with van der Waals surface area (Å²) in [5.74, 6) is 0.884. The normalized spacial score (nSPS) is 11.2. The van der Waals surface area contributed by atoms with Crippen molar-refractivity contribution >= 4 is 0 Å². The highest BCUT2D eigenvalue weighted by Crippen LogP contribution is 2.07. The minimum absolute atomic E-state index is 0.884. The Labute approximate surface area is 85.4 Å². The van der Waals surface area contributed by atoms with E-state index in [-0.39, 0.29) is 0 Å². The maximum absolute atomic E-state index is 2.23. The summed E-state index contributed by atoms with van der Waals surface area (Å²) in [6.07, 6.45) is 7.33. The molecule has 80 valence electrons. The lowest BCUT2D eigenvalue weighted by atomic mass is 10.1. The predicted octanol–water partition coefficient (Wildman–Crippen LogP) is 5.20. The van der Waals surface area contributed by atoms with Gasteiger partial charge in [-0.25, -0.2) is 0 Å². The van der Waals surface area contributed by atoms with Crippen molar-refractivity contribution in [3.63, 3.8) is 0 Å². The molecule has 0 fully saturated rings. The fourth-order valence-electron chi connectivity index (χ4n) is 0.846. The van der Waals surface area contributed by atoms with E-state index < -0.39 is 0 Å². The zero-order valence-corrected chi connectivity index (χ0v) is 10.5. The molecule has 0 aliphatic carbocycles. The lowest BCUT2D eigenvalue weighted by Gasteiger charge is -1.97. The highest BCUT2D eigenvalue weighted by Gasteiger charge is 1.86. The van der Waals surface area contributed by atoms with Crippen molar-refractivity contribution in [2.45, 2.75) is 67.2 Å². The van der Waals surface area contributed by atoms with Crippen molar-refractivity contribution in [2.75, 3.05) is 0 Å². The van der Waals surface area contributed by atoms with Gasteiger partial charge in [0.05, 0.1) is 0 Å². The van der Waals surface area contributed by atoms with Gasteiger partial charge in [-0.2, -0.15) is 0 Å². The van der Waals surface area contributed by atoms with Gasteiger partial charge in [-0.05, 0) is 25.7 Å². The molecule has 0 rings (SSSR count). The SMILES string of the molecule is C/C=C(/CC)CCC.CCC(C)C. The minimum atomic E-state index is 0.884. The molecule has 0 spiro atoms. The van der Waals surface area contributed by atoms with Crippen LogP contribution in [0.5, 0.6) is 0 Å². The van der Waals surface area contributed by atoms with E-state index in [1.54, 1.807) is 5.57 Å². The smallest absolute Gasteiger partial charge is 0.0323 e. The molecular formula is C13H28. The second-order valence-corrected chi connectivity index (χ2v) is 3.85. The molecule has 0 saturated carbocycles. The standard InChI is InChI=1S/C8H16.C5H12/c1-4-7-8(5-2)6-3;1-4-5(2)3/h5H,4,6-7H2,1-3H3;5H,4H2,1-3H3/b8-5-;. The monoisotopic (exact) mass is 184 g/mol. The molecule has 0 bridgehead atoms. The zero-order valence-electron chi connectivity index (χ0n) is 10.5. The molecule has 0 atom stereocenters. The summed E-state index contributed by atoms with van der Waals surface area (Å²) >= 11 is 0. The summed E-state index contributed by atoms with van der Waals surface area (Å²) in [6, 6.07) is 0. The van der Waals surface area contributed by atoms with Crippen molar-refractivity contribution in [3.8, 4) is 0 Å². The van der Waals surface area contributed by atoms with Crippen LogP contribution in [0, 0.1) is 5.92 Å². The summed E-state index contributed by atoms with van der Waals surface area (Å²) in [7, 11) is 0. The van der Waals surface area contributed by atoms with E-state index in [2.05, 4.69) is 47.6 Å². The van der Waals surface area contributed by atoms with E-state index in [1.165, 1.54) is 25.7 Å². The molecule has 0 N–H and O–H groups in total. The second-order valence-electron chi connectivity index (χ2n) is 3.85. The van der Waals surface area contributed by atoms with Gasteiger partial charge in [0.25, 0.3) is 0 Å². The topological polar surface area (TPSA) is 0 Å². The Morgan fingerprint density at radius 2 is 1.62 bits per heavy atom. The van der Waals surface area contributed by atoms with Crippen LogP contribution in [0.2, 0.25) is 0 Å². The minimum Gasteiger partial charge on any atom is -0.0885 e. The van der Waals surface area contributed by atoms with Crippen molar-refractivity contribution in [1.29, 1.82) is 0 Å². The van der Waals surface area contributed by atoms with Gasteiger partial charge < -0.3 is 0 Å². The number of allylic oxidation sites excluding steroid dienone is 2. The van der Waals surface area contributed by atoms with Crippen molar-refractivity contribution in [3.05, 3.63) is 11.6 Å². The van der Waals surface area contributed by atoms with Crippen molar-refractivity contribution < 1.29 is 0 Å². The molecule has 0 nitrogen and oxygen atoms in total. The Morgan fingerprint density at radius 1 is 1.15 bits per heavy atom. The van der Waals surface area contributed by atoms with E-state index in [0.29, 0.717) is 0 Å². The Balaban J connectivity index is 0. The molecular weight excluding hydrogens is 156 g/mol. The highest BCUT2D eigenvalue weighted by atomic mass is 13.9. The zero-order chi connectivity index (χ0) is 10.7. The van der Waals surface area contributed by atoms with Crippen LogP contribution in [-0.4, -0.2) is 0 Å². The average Bonchev–Trinajstić information content (AvgIpc) is 2.15. The van der Waals surface area contributed by atoms with E-state index in [0.717, 1.165) is 5.92 Å². The largest absolute Gasteiger partial charge is 0.0885 e. The van der Waals surface area contributed by atoms with Crippen molar-refractivity contribution in [2.24, 2.45) is 5.92 Å². The van der Waals surface area contributed by atoms with Crippen LogP contribution < -0.4 is 0 Å². The molecule has 0 amide bonds. The summed E-state index contributed by atoms with van der Waals surface area (Å²) in [5.41, 5.74) is 1.59. The Hall–Kier alpha value is -0.260. The van der Waals surface area contributed by atoms with E-state index in [1.807, 2.05) is 0 Å². The van der Waals surface area contributed by atoms with E-state index in [4.69, 9.17) is 0 Å². The molecule has 0 heteroatoms. The lowest BCUT2D eigenvalue weighted by Crippen LogP contribution is -1.77. The summed E-state index contributed by atoms with van der Waals surface area (Å²) in [4.78, 5) is 0. The predicted molar refractivity (Wildman–Crippen MR) is 64.1 cm³/mol. The van der Waals surface area contributed by atoms with Crippen LogP contribution in [0.3, 0.4) is 0 Å². The highest BCUT2D eigenvalue weighted by molar-refractivity contribution is 4.98. The molecule has 0 aromatic rings. The van der Waals surface area contributed by atoms with Crippen LogP contribution in [-0.2, 0) is 0 Å². The summed E-state index contributed by atoms with van der Waals surface area (Å²) < 4.78 is 0. The summed E-state index contributed by atoms with van der Waals surface area (Å²) in [6.45, 7) is 13.2. The van der Waals surface area contributed by atoms with Gasteiger partial charge in [0.1, 0.15) is 0 Å². The van der Waals surface area contributed by atoms with E-state index >= 15 is 0 Å². The third-order valence-electron chi connectivity index (χ3n) is 2.25. The van der Waals surface area contributed by atoms with Crippen LogP contribution >= 0.6 is 0 Å². The van der Waals surface area contributed by atoms with Crippen LogP contribution in [0.4, 0.5) is 0 Å². The van der Waals surface area contributed by atoms with Crippen LogP contribution in [0.25, 0.3) is 0 Å². The van der Waals surface area contributed by atoms with Crippen LogP contribution in [0.15, 0.2) is 11.6 Å². The maximum Gasteiger partial charge on any atom is -0.0323 e. The first-order chi connectivity index (χ1) is 6.12. The van der Waals surface area contributed by atoms with Gasteiger partial charge in [-0.3, -0.25) is 0 Å². The Kier molecular flexibility index (Phi) is 13.7. The fourth-order valence-corrected chi connectivity index (χ4v) is 0.846. The molecule has 0 aliphatic heterocycles. The first-order valence-corrected chi connectivity index (χ1v) is 5.76. The molecule has 0 aliphatic rings. The van der Waals surface area contributed by atoms with Gasteiger partial charge in [-0.15, -0.1) is 0 Å². The van der Waals surface area contributed by atoms with Gasteiger partial charge in [0, 0.05) is 0 Å². The molecule has 0 radical (unpaired) electrons. The van der Waals surface area contributed by atoms with Crippen molar-refractivity contribution in [1.82, 2.24) is 0 Å². The van der Waals surface area contributed by atoms with Gasteiger partial charge in [-0.1, -0.05) is 59.1 Å². The molecule has 13 heavy (non-hydrogen) atoms. The van der Waals surface area contributed by atoms with Gasteiger partial charge >= 0.3 is 0 Å². The van der Waals surface area contributed by atoms with Crippen LogP contribution in [0.1, 0.15) is 67.2 Å². The molecule has 0 saturated heterocycles. The maximum atomic E-state index is 2.23. The number of rotatable bonds is 4. The quantitative estimate of drug-likeness (QED) is 0.527. The molecule has 0 aromatic heterocycles. The Bertz CT molecular complexity index is 109. The number of hydrogen-bond donors (Lipinski definition) is 0. The Morgan fingerprint density at radius 3 is 1.69 bits per heavy atom. The first kappa shape index (κ1) is 15.2. The summed E-state index contributed by atoms with van der Waals surface area (Å²) in [5, 5.41) is 0. The second kappa shape index (κ2) is 11.7. The van der Waals surface area contributed by atoms with Gasteiger partial charge in [0.15, 0.2) is 0 Å². The third-order valence-corrected chi connectivity index (χ3v) is 2.25. The number of hydrogen-bond acceptors (Lipinski definition) is 0. The van der Waals surface area contributed by atoms with Gasteiger partial charge in [0.2, 0.25) is 0 Å². The lowest BCUT2D eigenvalue weighted by molar-refractivity contribution is 0.626.